The summed E-state index contributed by atoms with van der Waals surface area (Å²) in [6.45, 7) is 4.82. The molecule has 0 amide bonds. The maximum absolute atomic E-state index is 6.13. The molecule has 0 bridgehead atoms. The molecule has 0 spiro atoms. The van der Waals surface area contributed by atoms with Crippen LogP contribution in [0.5, 0.6) is 0 Å². The predicted molar refractivity (Wildman–Crippen MR) is 122 cm³/mol. The minimum absolute atomic E-state index is 0. The van der Waals surface area contributed by atoms with Crippen LogP contribution < -0.4 is 5.32 Å². The monoisotopic (exact) mass is 493 g/mol. The molecule has 1 saturated carbocycles. The van der Waals surface area contributed by atoms with Crippen molar-refractivity contribution < 1.29 is 9.47 Å². The summed E-state index contributed by atoms with van der Waals surface area (Å²) in [6.07, 6.45) is 15.0. The molecule has 1 atom stereocenters. The number of halogens is 1. The Balaban J connectivity index is 0.00000261. The van der Waals surface area contributed by atoms with Crippen LogP contribution in [0, 0.1) is 5.92 Å². The minimum Gasteiger partial charge on any atom is -0.376 e. The van der Waals surface area contributed by atoms with Crippen molar-refractivity contribution >= 4 is 29.9 Å². The number of piperidine rings is 1. The van der Waals surface area contributed by atoms with E-state index in [1.54, 1.807) is 0 Å². The fourth-order valence-corrected chi connectivity index (χ4v) is 4.64. The summed E-state index contributed by atoms with van der Waals surface area (Å²) in [7, 11) is 1.91. The lowest BCUT2D eigenvalue weighted by molar-refractivity contribution is -0.0721. The highest BCUT2D eigenvalue weighted by Crippen LogP contribution is 2.28. The standard InChI is InChI=1S/C21H39N3O2.HI/c1-22-21(23-13-6-9-18-7-2-3-8-18)24-14-11-19(12-15-24)26-17-20-10-4-5-16-25-20;/h18-20H,2-17H2,1H3,(H,22,23);1H. The van der Waals surface area contributed by atoms with Crippen LogP contribution in [-0.4, -0.2) is 63.0 Å². The molecule has 0 radical (unpaired) electrons. The summed E-state index contributed by atoms with van der Waals surface area (Å²) >= 11 is 0. The Morgan fingerprint density at radius 1 is 1.07 bits per heavy atom. The topological polar surface area (TPSA) is 46.1 Å². The van der Waals surface area contributed by atoms with E-state index in [0.717, 1.165) is 64.0 Å². The molecule has 6 heteroatoms. The van der Waals surface area contributed by atoms with Gasteiger partial charge in [0.25, 0.3) is 0 Å². The molecule has 0 aromatic heterocycles. The van der Waals surface area contributed by atoms with E-state index in [0.29, 0.717) is 12.2 Å². The molecule has 1 unspecified atom stereocenters. The molecule has 1 aliphatic carbocycles. The second kappa shape index (κ2) is 13.2. The maximum Gasteiger partial charge on any atom is 0.193 e. The van der Waals surface area contributed by atoms with Crippen LogP contribution in [0.25, 0.3) is 0 Å². The first kappa shape index (κ1) is 23.2. The van der Waals surface area contributed by atoms with Crippen molar-refractivity contribution in [2.45, 2.75) is 82.8 Å². The predicted octanol–water partition coefficient (Wildman–Crippen LogP) is 4.20. The fourth-order valence-electron chi connectivity index (χ4n) is 4.64. The van der Waals surface area contributed by atoms with Crippen molar-refractivity contribution in [3.8, 4) is 0 Å². The molecular formula is C21H40IN3O2. The van der Waals surface area contributed by atoms with E-state index in [4.69, 9.17) is 9.47 Å². The second-order valence-corrected chi connectivity index (χ2v) is 8.28. The summed E-state index contributed by atoms with van der Waals surface area (Å²) in [6, 6.07) is 0. The lowest BCUT2D eigenvalue weighted by Gasteiger charge is -2.35. The van der Waals surface area contributed by atoms with Crippen molar-refractivity contribution in [1.82, 2.24) is 10.2 Å². The Hall–Kier alpha value is -0.0800. The highest BCUT2D eigenvalue weighted by atomic mass is 127. The molecule has 27 heavy (non-hydrogen) atoms. The lowest BCUT2D eigenvalue weighted by atomic mass is 10.0. The number of nitrogens with one attached hydrogen (secondary N) is 1. The number of aliphatic imine (C=N–C) groups is 1. The van der Waals surface area contributed by atoms with Crippen molar-refractivity contribution in [1.29, 1.82) is 0 Å². The summed E-state index contributed by atoms with van der Waals surface area (Å²) in [4.78, 5) is 6.89. The Morgan fingerprint density at radius 2 is 1.81 bits per heavy atom. The lowest BCUT2D eigenvalue weighted by Crippen LogP contribution is -2.47. The van der Waals surface area contributed by atoms with Gasteiger partial charge in [-0.1, -0.05) is 25.7 Å². The molecule has 3 fully saturated rings. The number of rotatable bonds is 7. The van der Waals surface area contributed by atoms with Gasteiger partial charge in [0.2, 0.25) is 0 Å². The third-order valence-electron chi connectivity index (χ3n) is 6.29. The molecular weight excluding hydrogens is 453 g/mol. The van der Waals surface area contributed by atoms with Gasteiger partial charge in [0.15, 0.2) is 5.96 Å². The number of hydrogen-bond donors (Lipinski definition) is 1. The third kappa shape index (κ3) is 8.05. The normalized spacial score (nSPS) is 25.4. The third-order valence-corrected chi connectivity index (χ3v) is 6.29. The SMILES string of the molecule is CN=C(NCCCC1CCCC1)N1CCC(OCC2CCCCO2)CC1.I. The Kier molecular flexibility index (Phi) is 11.3. The molecule has 3 aliphatic rings. The van der Waals surface area contributed by atoms with E-state index in [1.165, 1.54) is 51.4 Å². The van der Waals surface area contributed by atoms with Crippen LogP contribution in [0.3, 0.4) is 0 Å². The van der Waals surface area contributed by atoms with E-state index < -0.39 is 0 Å². The molecule has 2 aliphatic heterocycles. The molecule has 2 heterocycles. The molecule has 0 aromatic carbocycles. The Bertz CT molecular complexity index is 416. The van der Waals surface area contributed by atoms with Gasteiger partial charge in [-0.3, -0.25) is 4.99 Å². The molecule has 2 saturated heterocycles. The summed E-state index contributed by atoms with van der Waals surface area (Å²) in [5, 5.41) is 3.58. The molecule has 3 rings (SSSR count). The zero-order valence-corrected chi connectivity index (χ0v) is 19.5. The average Bonchev–Trinajstić information content (AvgIpc) is 3.21. The molecule has 158 valence electrons. The molecule has 5 nitrogen and oxygen atoms in total. The van der Waals surface area contributed by atoms with Crippen molar-refractivity contribution in [3.05, 3.63) is 0 Å². The van der Waals surface area contributed by atoms with E-state index in [1.807, 2.05) is 7.05 Å². The molecule has 1 N–H and O–H groups in total. The van der Waals surface area contributed by atoms with E-state index >= 15 is 0 Å². The number of nitrogens with zero attached hydrogens (tertiary/aromatic N) is 2. The summed E-state index contributed by atoms with van der Waals surface area (Å²) < 4.78 is 11.9. The first-order valence-corrected chi connectivity index (χ1v) is 11.0. The zero-order chi connectivity index (χ0) is 18.0. The summed E-state index contributed by atoms with van der Waals surface area (Å²) in [5.74, 6) is 2.06. The van der Waals surface area contributed by atoms with Crippen molar-refractivity contribution in [2.24, 2.45) is 10.9 Å². The van der Waals surface area contributed by atoms with Crippen LogP contribution in [0.1, 0.15) is 70.6 Å². The van der Waals surface area contributed by atoms with Crippen LogP contribution >= 0.6 is 24.0 Å². The van der Waals surface area contributed by atoms with Crippen LogP contribution in [0.4, 0.5) is 0 Å². The van der Waals surface area contributed by atoms with Crippen LogP contribution in [0.2, 0.25) is 0 Å². The van der Waals surface area contributed by atoms with Gasteiger partial charge in [-0.05, 0) is 50.9 Å². The average molecular weight is 493 g/mol. The second-order valence-electron chi connectivity index (χ2n) is 8.28. The van der Waals surface area contributed by atoms with Gasteiger partial charge in [0, 0.05) is 33.3 Å². The first-order valence-electron chi connectivity index (χ1n) is 11.0. The highest BCUT2D eigenvalue weighted by Gasteiger charge is 2.23. The van der Waals surface area contributed by atoms with Crippen LogP contribution in [-0.2, 0) is 9.47 Å². The Morgan fingerprint density at radius 3 is 2.48 bits per heavy atom. The van der Waals surface area contributed by atoms with Gasteiger partial charge in [-0.25, -0.2) is 0 Å². The van der Waals surface area contributed by atoms with Gasteiger partial charge < -0.3 is 19.7 Å². The van der Waals surface area contributed by atoms with Gasteiger partial charge in [0.1, 0.15) is 0 Å². The van der Waals surface area contributed by atoms with Gasteiger partial charge in [-0.15, -0.1) is 24.0 Å². The van der Waals surface area contributed by atoms with Gasteiger partial charge in [0.05, 0.1) is 18.8 Å². The number of guanidine groups is 1. The number of hydrogen-bond acceptors (Lipinski definition) is 3. The Labute approximate surface area is 183 Å². The largest absolute Gasteiger partial charge is 0.376 e. The summed E-state index contributed by atoms with van der Waals surface area (Å²) in [5.41, 5.74) is 0. The van der Waals surface area contributed by atoms with Crippen molar-refractivity contribution in [2.75, 3.05) is 39.9 Å². The number of ether oxygens (including phenoxy) is 2. The van der Waals surface area contributed by atoms with E-state index in [9.17, 15) is 0 Å². The van der Waals surface area contributed by atoms with Crippen molar-refractivity contribution in [3.63, 3.8) is 0 Å². The quantitative estimate of drug-likeness (QED) is 0.250. The van der Waals surface area contributed by atoms with Crippen LogP contribution in [0.15, 0.2) is 4.99 Å². The fraction of sp³-hybridized carbons (Fsp3) is 0.952. The van der Waals surface area contributed by atoms with Gasteiger partial charge >= 0.3 is 0 Å². The van der Waals surface area contributed by atoms with E-state index in [2.05, 4.69) is 15.2 Å². The zero-order valence-electron chi connectivity index (χ0n) is 17.2. The maximum atomic E-state index is 6.13. The minimum atomic E-state index is 0. The van der Waals surface area contributed by atoms with E-state index in [-0.39, 0.29) is 24.0 Å². The highest BCUT2D eigenvalue weighted by molar-refractivity contribution is 14.0. The first-order chi connectivity index (χ1) is 12.8. The number of likely N-dealkylation sites (tertiary alicyclic amines) is 1. The van der Waals surface area contributed by atoms with Gasteiger partial charge in [-0.2, -0.15) is 0 Å². The molecule has 0 aromatic rings. The smallest absolute Gasteiger partial charge is 0.193 e.